The number of nitrogens with zero attached hydrogens (tertiary/aromatic N) is 4. The molecule has 1 unspecified atom stereocenters. The lowest BCUT2D eigenvalue weighted by Crippen LogP contribution is -2.36. The molecule has 1 fully saturated rings. The highest BCUT2D eigenvalue weighted by atomic mass is 15.4. The zero-order chi connectivity index (χ0) is 12.8. The second-order valence-corrected chi connectivity index (χ2v) is 5.28. The minimum Gasteiger partial charge on any atom is -0.330 e. The van der Waals surface area contributed by atoms with Crippen molar-refractivity contribution in [1.29, 1.82) is 0 Å². The highest BCUT2D eigenvalue weighted by Gasteiger charge is 2.18. The quantitative estimate of drug-likeness (QED) is 0.821. The van der Waals surface area contributed by atoms with Crippen LogP contribution < -0.4 is 5.73 Å². The van der Waals surface area contributed by atoms with Crippen LogP contribution in [-0.2, 0) is 13.0 Å². The SMILES string of the molecule is CN1CCCCC1CCn1cc(CCCN)nn1. The van der Waals surface area contributed by atoms with Crippen LogP contribution in [0.15, 0.2) is 6.20 Å². The van der Waals surface area contributed by atoms with Gasteiger partial charge in [0.2, 0.25) is 0 Å². The van der Waals surface area contributed by atoms with E-state index in [0.717, 1.165) is 37.7 Å². The first-order chi connectivity index (χ1) is 8.79. The summed E-state index contributed by atoms with van der Waals surface area (Å²) in [5.41, 5.74) is 6.56. The Balaban J connectivity index is 1.77. The minimum atomic E-state index is 0.718. The van der Waals surface area contributed by atoms with E-state index in [2.05, 4.69) is 28.5 Å². The Morgan fingerprint density at radius 3 is 3.11 bits per heavy atom. The van der Waals surface area contributed by atoms with Gasteiger partial charge in [-0.25, -0.2) is 0 Å². The summed E-state index contributed by atoms with van der Waals surface area (Å²) in [5.74, 6) is 0. The van der Waals surface area contributed by atoms with E-state index in [0.29, 0.717) is 0 Å². The van der Waals surface area contributed by atoms with Crippen molar-refractivity contribution in [3.8, 4) is 0 Å². The van der Waals surface area contributed by atoms with E-state index in [1.54, 1.807) is 0 Å². The maximum Gasteiger partial charge on any atom is 0.0827 e. The molecule has 0 saturated carbocycles. The van der Waals surface area contributed by atoms with E-state index in [9.17, 15) is 0 Å². The van der Waals surface area contributed by atoms with E-state index in [1.807, 2.05) is 4.68 Å². The van der Waals surface area contributed by atoms with Gasteiger partial charge >= 0.3 is 0 Å². The van der Waals surface area contributed by atoms with Crippen LogP contribution in [0.3, 0.4) is 0 Å². The molecule has 2 heterocycles. The van der Waals surface area contributed by atoms with E-state index < -0.39 is 0 Å². The summed E-state index contributed by atoms with van der Waals surface area (Å²) in [6.07, 6.45) is 9.22. The van der Waals surface area contributed by atoms with Crippen LogP contribution in [0.1, 0.15) is 37.8 Å². The van der Waals surface area contributed by atoms with Crippen molar-refractivity contribution in [2.24, 2.45) is 5.73 Å². The van der Waals surface area contributed by atoms with Crippen LogP contribution >= 0.6 is 0 Å². The molecule has 0 bridgehead atoms. The monoisotopic (exact) mass is 251 g/mol. The molecule has 1 aliphatic heterocycles. The first kappa shape index (κ1) is 13.5. The van der Waals surface area contributed by atoms with Crippen molar-refractivity contribution in [3.05, 3.63) is 11.9 Å². The molecule has 1 atom stereocenters. The number of hydrogen-bond acceptors (Lipinski definition) is 4. The molecule has 1 aromatic heterocycles. The van der Waals surface area contributed by atoms with Crippen LogP contribution in [-0.4, -0.2) is 46.1 Å². The molecule has 1 saturated heterocycles. The fourth-order valence-corrected chi connectivity index (χ4v) is 2.64. The fourth-order valence-electron chi connectivity index (χ4n) is 2.64. The predicted molar refractivity (Wildman–Crippen MR) is 72.3 cm³/mol. The number of piperidine rings is 1. The summed E-state index contributed by atoms with van der Waals surface area (Å²) >= 11 is 0. The van der Waals surface area contributed by atoms with E-state index in [1.165, 1.54) is 32.2 Å². The van der Waals surface area contributed by atoms with Crippen LogP contribution in [0, 0.1) is 0 Å². The molecule has 5 nitrogen and oxygen atoms in total. The van der Waals surface area contributed by atoms with Gasteiger partial charge < -0.3 is 10.6 Å². The van der Waals surface area contributed by atoms with Crippen molar-refractivity contribution in [1.82, 2.24) is 19.9 Å². The van der Waals surface area contributed by atoms with Crippen molar-refractivity contribution < 1.29 is 0 Å². The maximum absolute atomic E-state index is 5.49. The van der Waals surface area contributed by atoms with Crippen molar-refractivity contribution in [2.45, 2.75) is 51.1 Å². The van der Waals surface area contributed by atoms with Crippen molar-refractivity contribution in [3.63, 3.8) is 0 Å². The predicted octanol–water partition coefficient (Wildman–Crippen LogP) is 1.04. The van der Waals surface area contributed by atoms with Gasteiger partial charge in [-0.2, -0.15) is 0 Å². The third-order valence-corrected chi connectivity index (χ3v) is 3.84. The number of aryl methyl sites for hydroxylation is 2. The molecule has 2 rings (SSSR count). The molecule has 0 aromatic carbocycles. The topological polar surface area (TPSA) is 60.0 Å². The Bertz CT molecular complexity index is 349. The summed E-state index contributed by atoms with van der Waals surface area (Å²) in [6, 6.07) is 0.718. The average Bonchev–Trinajstić information content (AvgIpc) is 2.83. The molecule has 5 heteroatoms. The van der Waals surface area contributed by atoms with E-state index in [4.69, 9.17) is 5.73 Å². The number of likely N-dealkylation sites (tertiary alicyclic amines) is 1. The van der Waals surface area contributed by atoms with Crippen molar-refractivity contribution in [2.75, 3.05) is 20.1 Å². The second kappa shape index (κ2) is 6.85. The Morgan fingerprint density at radius 1 is 1.44 bits per heavy atom. The Morgan fingerprint density at radius 2 is 2.33 bits per heavy atom. The smallest absolute Gasteiger partial charge is 0.0827 e. The summed E-state index contributed by atoms with van der Waals surface area (Å²) < 4.78 is 1.98. The number of nitrogens with two attached hydrogens (primary N) is 1. The molecule has 0 aliphatic carbocycles. The lowest BCUT2D eigenvalue weighted by Gasteiger charge is -2.32. The zero-order valence-electron chi connectivity index (χ0n) is 11.4. The lowest BCUT2D eigenvalue weighted by atomic mass is 10.0. The molecule has 0 spiro atoms. The third-order valence-electron chi connectivity index (χ3n) is 3.84. The lowest BCUT2D eigenvalue weighted by molar-refractivity contribution is 0.169. The van der Waals surface area contributed by atoms with Gasteiger partial charge in [-0.1, -0.05) is 11.6 Å². The standard InChI is InChI=1S/C13H25N5/c1-17-9-3-2-6-13(17)7-10-18-11-12(15-16-18)5-4-8-14/h11,13H,2-10,14H2,1H3. The van der Waals surface area contributed by atoms with Crippen molar-refractivity contribution >= 4 is 0 Å². The maximum atomic E-state index is 5.49. The van der Waals surface area contributed by atoms with E-state index in [-0.39, 0.29) is 0 Å². The van der Waals surface area contributed by atoms with Crippen LogP contribution in [0.4, 0.5) is 0 Å². The Hall–Kier alpha value is -0.940. The Kier molecular flexibility index (Phi) is 5.13. The molecule has 1 aromatic rings. The molecular weight excluding hydrogens is 226 g/mol. The van der Waals surface area contributed by atoms with Gasteiger partial charge in [0.1, 0.15) is 0 Å². The highest BCUT2D eigenvalue weighted by molar-refractivity contribution is 4.92. The molecule has 2 N–H and O–H groups in total. The van der Waals surface area contributed by atoms with Crippen LogP contribution in [0.25, 0.3) is 0 Å². The molecule has 102 valence electrons. The van der Waals surface area contributed by atoms with Gasteiger partial charge in [-0.05, 0) is 52.2 Å². The summed E-state index contributed by atoms with van der Waals surface area (Å²) in [7, 11) is 2.23. The molecule has 1 aliphatic rings. The first-order valence-corrected chi connectivity index (χ1v) is 7.09. The Labute approximate surface area is 109 Å². The molecule has 18 heavy (non-hydrogen) atoms. The summed E-state index contributed by atoms with van der Waals surface area (Å²) in [4.78, 5) is 2.48. The van der Waals surface area contributed by atoms with E-state index >= 15 is 0 Å². The van der Waals surface area contributed by atoms with Gasteiger partial charge in [0.25, 0.3) is 0 Å². The van der Waals surface area contributed by atoms with Gasteiger partial charge in [0.05, 0.1) is 5.69 Å². The van der Waals surface area contributed by atoms with Gasteiger partial charge in [0.15, 0.2) is 0 Å². The minimum absolute atomic E-state index is 0.718. The number of rotatable bonds is 6. The van der Waals surface area contributed by atoms with Crippen LogP contribution in [0.5, 0.6) is 0 Å². The van der Waals surface area contributed by atoms with Gasteiger partial charge in [0, 0.05) is 18.8 Å². The molecular formula is C13H25N5. The number of aromatic nitrogens is 3. The summed E-state index contributed by atoms with van der Waals surface area (Å²) in [6.45, 7) is 2.94. The average molecular weight is 251 g/mol. The zero-order valence-corrected chi connectivity index (χ0v) is 11.4. The van der Waals surface area contributed by atoms with Gasteiger partial charge in [-0.3, -0.25) is 4.68 Å². The van der Waals surface area contributed by atoms with Gasteiger partial charge in [-0.15, -0.1) is 5.10 Å². The van der Waals surface area contributed by atoms with Crippen LogP contribution in [0.2, 0.25) is 0 Å². The molecule has 0 amide bonds. The normalized spacial score (nSPS) is 21.3. The highest BCUT2D eigenvalue weighted by Crippen LogP contribution is 2.18. The molecule has 0 radical (unpaired) electrons. The summed E-state index contributed by atoms with van der Waals surface area (Å²) in [5, 5.41) is 8.37. The third kappa shape index (κ3) is 3.78. The first-order valence-electron chi connectivity index (χ1n) is 7.09. The fraction of sp³-hybridized carbons (Fsp3) is 0.846. The number of hydrogen-bond donors (Lipinski definition) is 1. The largest absolute Gasteiger partial charge is 0.330 e. The second-order valence-electron chi connectivity index (χ2n) is 5.28.